The second-order valence-electron chi connectivity index (χ2n) is 11.4. The van der Waals surface area contributed by atoms with Gasteiger partial charge >= 0.3 is 13.2 Å². The lowest BCUT2D eigenvalue weighted by atomic mass is 9.78. The number of hydrogen-bond acceptors (Lipinski definition) is 6. The topological polar surface area (TPSA) is 94.2 Å². The van der Waals surface area contributed by atoms with Crippen molar-refractivity contribution in [1.29, 1.82) is 0 Å². The van der Waals surface area contributed by atoms with Crippen LogP contribution < -0.4 is 10.8 Å². The number of rotatable bonds is 5. The largest absolute Gasteiger partial charge is 0.494 e. The second kappa shape index (κ2) is 9.45. The summed E-state index contributed by atoms with van der Waals surface area (Å²) in [6, 6.07) is 5.27. The number of nitrogens with one attached hydrogen (secondary N) is 1. The number of ether oxygens (including phenoxy) is 1. The quantitative estimate of drug-likeness (QED) is 0.632. The Hall–Kier alpha value is -1.62. The number of aryl methyl sites for hydroxylation is 1. The molecule has 2 aliphatic heterocycles. The number of alkyl carbamates (subject to hydrolysis) is 1. The van der Waals surface area contributed by atoms with Crippen LogP contribution in [0.4, 0.5) is 4.79 Å². The predicted octanol–water partition coefficient (Wildman–Crippen LogP) is 3.22. The third-order valence-electron chi connectivity index (χ3n) is 6.74. The van der Waals surface area contributed by atoms with Crippen LogP contribution in [0.15, 0.2) is 23.1 Å². The van der Waals surface area contributed by atoms with Crippen LogP contribution in [0, 0.1) is 12.8 Å². The summed E-state index contributed by atoms with van der Waals surface area (Å²) in [5.41, 5.74) is -0.0181. The minimum absolute atomic E-state index is 0.205. The van der Waals surface area contributed by atoms with E-state index in [-0.39, 0.29) is 10.8 Å². The summed E-state index contributed by atoms with van der Waals surface area (Å²) in [5.74, 6) is 0.205. The molecule has 2 heterocycles. The van der Waals surface area contributed by atoms with Crippen LogP contribution in [0.25, 0.3) is 0 Å². The van der Waals surface area contributed by atoms with Gasteiger partial charge in [0.15, 0.2) is 0 Å². The summed E-state index contributed by atoms with van der Waals surface area (Å²) in [6.07, 6.45) is 0.896. The molecule has 3 rings (SSSR count). The Kier molecular flexibility index (Phi) is 7.50. The summed E-state index contributed by atoms with van der Waals surface area (Å²) >= 11 is 0. The first-order chi connectivity index (χ1) is 15.5. The number of carbonyl (C=O) groups excluding carboxylic acids is 1. The van der Waals surface area contributed by atoms with Crippen LogP contribution in [0.3, 0.4) is 0 Å². The Balaban J connectivity index is 1.65. The molecule has 0 aromatic heterocycles. The van der Waals surface area contributed by atoms with Gasteiger partial charge < -0.3 is 19.4 Å². The molecule has 1 aromatic rings. The van der Waals surface area contributed by atoms with Crippen molar-refractivity contribution in [2.24, 2.45) is 5.92 Å². The number of piperidine rings is 1. The van der Waals surface area contributed by atoms with E-state index < -0.39 is 40.0 Å². The fourth-order valence-corrected chi connectivity index (χ4v) is 5.69. The number of hydrogen-bond donors (Lipinski definition) is 1. The third-order valence-corrected chi connectivity index (χ3v) is 8.62. The number of amides is 1. The molecule has 10 heteroatoms. The zero-order valence-corrected chi connectivity index (χ0v) is 22.5. The third kappa shape index (κ3) is 6.14. The lowest BCUT2D eigenvalue weighted by Gasteiger charge is -2.32. The summed E-state index contributed by atoms with van der Waals surface area (Å²) in [6.45, 7) is 16.5. The van der Waals surface area contributed by atoms with Crippen molar-refractivity contribution in [1.82, 2.24) is 9.62 Å². The van der Waals surface area contributed by atoms with Gasteiger partial charge in [0, 0.05) is 19.6 Å². The maximum atomic E-state index is 13.4. The maximum Gasteiger partial charge on any atom is 0.494 e. The van der Waals surface area contributed by atoms with Gasteiger partial charge in [0.1, 0.15) is 5.60 Å². The van der Waals surface area contributed by atoms with Gasteiger partial charge in [-0.05, 0) is 91.7 Å². The van der Waals surface area contributed by atoms with E-state index >= 15 is 0 Å². The van der Waals surface area contributed by atoms with E-state index in [2.05, 4.69) is 5.32 Å². The molecule has 2 aliphatic rings. The molecule has 190 valence electrons. The van der Waals surface area contributed by atoms with E-state index in [0.717, 1.165) is 5.56 Å². The van der Waals surface area contributed by atoms with E-state index in [0.29, 0.717) is 37.9 Å². The highest BCUT2D eigenvalue weighted by molar-refractivity contribution is 7.89. The Morgan fingerprint density at radius 1 is 1.12 bits per heavy atom. The minimum atomic E-state index is -3.66. The molecule has 0 spiro atoms. The highest BCUT2D eigenvalue weighted by Gasteiger charge is 2.52. The van der Waals surface area contributed by atoms with E-state index in [4.69, 9.17) is 14.0 Å². The van der Waals surface area contributed by atoms with Gasteiger partial charge in [-0.15, -0.1) is 0 Å². The predicted molar refractivity (Wildman–Crippen MR) is 133 cm³/mol. The molecule has 0 atom stereocenters. The molecular formula is C24H39BN2O6S. The molecule has 8 nitrogen and oxygen atoms in total. The van der Waals surface area contributed by atoms with Crippen molar-refractivity contribution in [2.75, 3.05) is 19.6 Å². The highest BCUT2D eigenvalue weighted by Crippen LogP contribution is 2.36. The van der Waals surface area contributed by atoms with Crippen molar-refractivity contribution in [2.45, 2.75) is 89.9 Å². The highest BCUT2D eigenvalue weighted by atomic mass is 32.2. The molecule has 34 heavy (non-hydrogen) atoms. The van der Waals surface area contributed by atoms with Crippen molar-refractivity contribution < 1.29 is 27.3 Å². The molecule has 1 aromatic carbocycles. The van der Waals surface area contributed by atoms with Gasteiger partial charge in [-0.2, -0.15) is 4.31 Å². The van der Waals surface area contributed by atoms with E-state index in [1.54, 1.807) is 12.1 Å². The van der Waals surface area contributed by atoms with Crippen molar-refractivity contribution in [3.63, 3.8) is 0 Å². The Bertz CT molecular complexity index is 995. The van der Waals surface area contributed by atoms with E-state index in [1.807, 2.05) is 61.5 Å². The summed E-state index contributed by atoms with van der Waals surface area (Å²) in [4.78, 5) is 12.2. The van der Waals surface area contributed by atoms with Gasteiger partial charge in [-0.25, -0.2) is 13.2 Å². The molecule has 0 bridgehead atoms. The molecular weight excluding hydrogens is 455 g/mol. The Labute approximate surface area is 204 Å². The molecule has 1 amide bonds. The summed E-state index contributed by atoms with van der Waals surface area (Å²) in [7, 11) is -4.28. The van der Waals surface area contributed by atoms with E-state index in [9.17, 15) is 13.2 Å². The first-order valence-corrected chi connectivity index (χ1v) is 13.4. The van der Waals surface area contributed by atoms with Gasteiger partial charge in [-0.3, -0.25) is 0 Å². The zero-order valence-electron chi connectivity index (χ0n) is 21.7. The summed E-state index contributed by atoms with van der Waals surface area (Å²) < 4.78 is 46.0. The van der Waals surface area contributed by atoms with Crippen molar-refractivity contribution >= 4 is 28.7 Å². The number of nitrogens with zero attached hydrogens (tertiary/aromatic N) is 1. The summed E-state index contributed by atoms with van der Waals surface area (Å²) in [5, 5.41) is 2.80. The molecule has 2 saturated heterocycles. The average Bonchev–Trinajstić information content (AvgIpc) is 2.92. The van der Waals surface area contributed by atoms with Crippen LogP contribution in [0.2, 0.25) is 0 Å². The standard InChI is InChI=1S/C24H39BN2O6S/c1-17-13-19(25-32-23(5,6)24(7,8)33-25)15-20(14-17)34(29,30)27-11-9-18(10-12-27)16-26-21(28)31-22(2,3)4/h13-15,18H,9-12,16H2,1-8H3,(H,26,28). The number of carbonyl (C=O) groups is 1. The average molecular weight is 494 g/mol. The zero-order chi connectivity index (χ0) is 25.5. The lowest BCUT2D eigenvalue weighted by molar-refractivity contribution is 0.00578. The smallest absolute Gasteiger partial charge is 0.444 e. The van der Waals surface area contributed by atoms with Crippen molar-refractivity contribution in [3.8, 4) is 0 Å². The first-order valence-electron chi connectivity index (χ1n) is 11.9. The number of sulfonamides is 1. The molecule has 0 saturated carbocycles. The van der Waals surface area contributed by atoms with Crippen LogP contribution in [-0.2, 0) is 24.1 Å². The SMILES string of the molecule is Cc1cc(B2OC(C)(C)C(C)(C)O2)cc(S(=O)(=O)N2CCC(CNC(=O)OC(C)(C)C)CC2)c1. The molecule has 1 N–H and O–H groups in total. The monoisotopic (exact) mass is 494 g/mol. The number of benzene rings is 1. The normalized spacial score (nSPS) is 21.5. The van der Waals surface area contributed by atoms with E-state index in [1.165, 1.54) is 4.31 Å². The van der Waals surface area contributed by atoms with Gasteiger partial charge in [0.05, 0.1) is 16.1 Å². The molecule has 2 fully saturated rings. The molecule has 0 aliphatic carbocycles. The van der Waals surface area contributed by atoms with Gasteiger partial charge in [-0.1, -0.05) is 11.6 Å². The van der Waals surface area contributed by atoms with Crippen LogP contribution in [0.5, 0.6) is 0 Å². The molecule has 0 radical (unpaired) electrons. The fraction of sp³-hybridized carbons (Fsp3) is 0.708. The first kappa shape index (κ1) is 27.0. The van der Waals surface area contributed by atoms with Crippen molar-refractivity contribution in [3.05, 3.63) is 23.8 Å². The van der Waals surface area contributed by atoms with Gasteiger partial charge in [0.25, 0.3) is 0 Å². The van der Waals surface area contributed by atoms with Crippen LogP contribution in [-0.4, -0.2) is 62.4 Å². The van der Waals surface area contributed by atoms with Gasteiger partial charge in [0.2, 0.25) is 10.0 Å². The Morgan fingerprint density at radius 3 is 2.21 bits per heavy atom. The molecule has 0 unspecified atom stereocenters. The fourth-order valence-electron chi connectivity index (χ4n) is 4.09. The van der Waals surface area contributed by atoms with Crippen LogP contribution >= 0.6 is 0 Å². The van der Waals surface area contributed by atoms with Crippen LogP contribution in [0.1, 0.15) is 66.9 Å². The minimum Gasteiger partial charge on any atom is -0.444 e. The lowest BCUT2D eigenvalue weighted by Crippen LogP contribution is -2.42. The second-order valence-corrected chi connectivity index (χ2v) is 13.3. The maximum absolute atomic E-state index is 13.4. The Morgan fingerprint density at radius 2 is 1.68 bits per heavy atom.